The largest absolute Gasteiger partial charge is 0.494 e. The molecule has 0 saturated heterocycles. The standard InChI is InChI=1S/C13H18FNO3/c1-9-8-10(4-5-11(9)14)18-7-3-6-13(2,15)12(16)17/h4-5,8H,3,6-7,15H2,1-2H3,(H,16,17). The Morgan fingerprint density at radius 1 is 1.56 bits per heavy atom. The van der Waals surface area contributed by atoms with Crippen LogP contribution >= 0.6 is 0 Å². The minimum atomic E-state index is -1.23. The first-order valence-corrected chi connectivity index (χ1v) is 5.74. The fourth-order valence-corrected chi connectivity index (χ4v) is 1.44. The topological polar surface area (TPSA) is 72.5 Å². The molecule has 0 fully saturated rings. The van der Waals surface area contributed by atoms with Gasteiger partial charge in [0.2, 0.25) is 0 Å². The first-order valence-electron chi connectivity index (χ1n) is 5.74. The molecule has 1 rings (SSSR count). The van der Waals surface area contributed by atoms with Crippen molar-refractivity contribution < 1.29 is 19.0 Å². The van der Waals surface area contributed by atoms with Gasteiger partial charge >= 0.3 is 5.97 Å². The fourth-order valence-electron chi connectivity index (χ4n) is 1.44. The maximum atomic E-state index is 13.0. The van der Waals surface area contributed by atoms with Gasteiger partial charge in [-0.15, -0.1) is 0 Å². The molecule has 4 nitrogen and oxygen atoms in total. The molecule has 100 valence electrons. The molecule has 0 saturated carbocycles. The third kappa shape index (κ3) is 4.00. The van der Waals surface area contributed by atoms with Crippen molar-refractivity contribution >= 4 is 5.97 Å². The third-order valence-corrected chi connectivity index (χ3v) is 2.73. The molecule has 18 heavy (non-hydrogen) atoms. The maximum Gasteiger partial charge on any atom is 0.323 e. The van der Waals surface area contributed by atoms with Gasteiger partial charge < -0.3 is 15.6 Å². The van der Waals surface area contributed by atoms with Crippen LogP contribution in [-0.2, 0) is 4.79 Å². The van der Waals surface area contributed by atoms with E-state index in [4.69, 9.17) is 15.6 Å². The summed E-state index contributed by atoms with van der Waals surface area (Å²) >= 11 is 0. The monoisotopic (exact) mass is 255 g/mol. The lowest BCUT2D eigenvalue weighted by molar-refractivity contribution is -0.142. The molecule has 0 aliphatic carbocycles. The van der Waals surface area contributed by atoms with Crippen molar-refractivity contribution in [2.45, 2.75) is 32.2 Å². The quantitative estimate of drug-likeness (QED) is 0.763. The second kappa shape index (κ2) is 5.82. The summed E-state index contributed by atoms with van der Waals surface area (Å²) in [5.74, 6) is -0.731. The summed E-state index contributed by atoms with van der Waals surface area (Å²) in [5.41, 5.74) is 4.86. The van der Waals surface area contributed by atoms with Crippen LogP contribution in [0.4, 0.5) is 4.39 Å². The number of benzene rings is 1. The van der Waals surface area contributed by atoms with Crippen LogP contribution in [0.1, 0.15) is 25.3 Å². The summed E-state index contributed by atoms with van der Waals surface area (Å²) in [5, 5.41) is 8.82. The van der Waals surface area contributed by atoms with Crippen LogP contribution in [0.3, 0.4) is 0 Å². The maximum absolute atomic E-state index is 13.0. The van der Waals surface area contributed by atoms with E-state index in [2.05, 4.69) is 0 Å². The zero-order chi connectivity index (χ0) is 13.8. The molecule has 0 radical (unpaired) electrons. The molecule has 0 amide bonds. The summed E-state index contributed by atoms with van der Waals surface area (Å²) in [4.78, 5) is 10.8. The van der Waals surface area contributed by atoms with Gasteiger partial charge in [-0.2, -0.15) is 0 Å². The molecule has 1 aromatic carbocycles. The first-order chi connectivity index (χ1) is 8.33. The molecule has 1 aromatic rings. The number of ether oxygens (including phenoxy) is 1. The predicted molar refractivity (Wildman–Crippen MR) is 66.1 cm³/mol. The summed E-state index contributed by atoms with van der Waals surface area (Å²) in [6.07, 6.45) is 0.845. The van der Waals surface area contributed by atoms with Gasteiger partial charge in [-0.25, -0.2) is 4.39 Å². The van der Waals surface area contributed by atoms with Crippen LogP contribution in [0.15, 0.2) is 18.2 Å². The highest BCUT2D eigenvalue weighted by atomic mass is 19.1. The number of carboxylic acid groups (broad SMARTS) is 1. The minimum absolute atomic E-state index is 0.275. The molecule has 3 N–H and O–H groups in total. The summed E-state index contributed by atoms with van der Waals surface area (Å²) in [6.45, 7) is 3.48. The lowest BCUT2D eigenvalue weighted by Gasteiger charge is -2.18. The van der Waals surface area contributed by atoms with E-state index in [1.807, 2.05) is 0 Å². The van der Waals surface area contributed by atoms with Crippen LogP contribution in [0.2, 0.25) is 0 Å². The van der Waals surface area contributed by atoms with Crippen molar-refractivity contribution in [3.05, 3.63) is 29.6 Å². The Morgan fingerprint density at radius 3 is 2.78 bits per heavy atom. The van der Waals surface area contributed by atoms with E-state index in [1.165, 1.54) is 13.0 Å². The van der Waals surface area contributed by atoms with E-state index in [1.54, 1.807) is 19.1 Å². The zero-order valence-electron chi connectivity index (χ0n) is 10.6. The number of aryl methyl sites for hydroxylation is 1. The average molecular weight is 255 g/mol. The van der Waals surface area contributed by atoms with Crippen LogP contribution in [-0.4, -0.2) is 23.2 Å². The van der Waals surface area contributed by atoms with Crippen LogP contribution in [0.5, 0.6) is 5.75 Å². The van der Waals surface area contributed by atoms with E-state index >= 15 is 0 Å². The van der Waals surface area contributed by atoms with Gasteiger partial charge in [-0.05, 0) is 50.5 Å². The Balaban J connectivity index is 2.38. The number of hydrogen-bond acceptors (Lipinski definition) is 3. The van der Waals surface area contributed by atoms with Gasteiger partial charge in [0.05, 0.1) is 6.61 Å². The fraction of sp³-hybridized carbons (Fsp3) is 0.462. The van der Waals surface area contributed by atoms with E-state index in [-0.39, 0.29) is 5.82 Å². The van der Waals surface area contributed by atoms with Gasteiger partial charge in [0.25, 0.3) is 0 Å². The third-order valence-electron chi connectivity index (χ3n) is 2.73. The Hall–Kier alpha value is -1.62. The molecule has 0 aromatic heterocycles. The van der Waals surface area contributed by atoms with Crippen molar-refractivity contribution in [2.75, 3.05) is 6.61 Å². The molecule has 0 spiro atoms. The Kier molecular flexibility index (Phi) is 4.67. The molecule has 1 unspecified atom stereocenters. The minimum Gasteiger partial charge on any atom is -0.494 e. The highest BCUT2D eigenvalue weighted by Crippen LogP contribution is 2.17. The van der Waals surface area contributed by atoms with Crippen molar-refractivity contribution in [3.8, 4) is 5.75 Å². The summed E-state index contributed by atoms with van der Waals surface area (Å²) < 4.78 is 18.4. The second-order valence-electron chi connectivity index (χ2n) is 4.59. The van der Waals surface area contributed by atoms with E-state index in [0.29, 0.717) is 30.8 Å². The Morgan fingerprint density at radius 2 is 2.22 bits per heavy atom. The van der Waals surface area contributed by atoms with E-state index in [9.17, 15) is 9.18 Å². The van der Waals surface area contributed by atoms with Gasteiger partial charge in [-0.3, -0.25) is 4.79 Å². The summed E-state index contributed by atoms with van der Waals surface area (Å²) in [7, 11) is 0. The highest BCUT2D eigenvalue weighted by Gasteiger charge is 2.26. The van der Waals surface area contributed by atoms with Crippen molar-refractivity contribution in [3.63, 3.8) is 0 Å². The number of carboxylic acids is 1. The van der Waals surface area contributed by atoms with Crippen LogP contribution in [0.25, 0.3) is 0 Å². The SMILES string of the molecule is Cc1cc(OCCCC(C)(N)C(=O)O)ccc1F. The number of hydrogen-bond donors (Lipinski definition) is 2. The number of carbonyl (C=O) groups is 1. The molecule has 0 bridgehead atoms. The molecular weight excluding hydrogens is 237 g/mol. The number of nitrogens with two attached hydrogens (primary N) is 1. The number of halogens is 1. The van der Waals surface area contributed by atoms with E-state index < -0.39 is 11.5 Å². The average Bonchev–Trinajstić information content (AvgIpc) is 2.29. The molecule has 1 atom stereocenters. The molecule has 0 aliphatic rings. The van der Waals surface area contributed by atoms with Crippen molar-refractivity contribution in [1.82, 2.24) is 0 Å². The molecule has 0 heterocycles. The van der Waals surface area contributed by atoms with Crippen molar-refractivity contribution in [2.24, 2.45) is 5.73 Å². The highest BCUT2D eigenvalue weighted by molar-refractivity contribution is 5.77. The normalized spacial score (nSPS) is 14.0. The zero-order valence-corrected chi connectivity index (χ0v) is 10.6. The second-order valence-corrected chi connectivity index (χ2v) is 4.59. The van der Waals surface area contributed by atoms with Gasteiger partial charge in [-0.1, -0.05) is 0 Å². The lowest BCUT2D eigenvalue weighted by atomic mass is 9.98. The number of aliphatic carboxylic acids is 1. The summed E-state index contributed by atoms with van der Waals surface area (Å²) in [6, 6.07) is 4.49. The van der Waals surface area contributed by atoms with Crippen LogP contribution < -0.4 is 10.5 Å². The van der Waals surface area contributed by atoms with Crippen LogP contribution in [0, 0.1) is 12.7 Å². The van der Waals surface area contributed by atoms with Gasteiger partial charge in [0.15, 0.2) is 0 Å². The van der Waals surface area contributed by atoms with Gasteiger partial charge in [0.1, 0.15) is 17.1 Å². The Bertz CT molecular complexity index is 432. The molecular formula is C13H18FNO3. The molecule has 0 aliphatic heterocycles. The lowest BCUT2D eigenvalue weighted by Crippen LogP contribution is -2.44. The smallest absolute Gasteiger partial charge is 0.323 e. The number of rotatable bonds is 6. The van der Waals surface area contributed by atoms with E-state index in [0.717, 1.165) is 0 Å². The predicted octanol–water partition coefficient (Wildman–Crippen LogP) is 2.10. The van der Waals surface area contributed by atoms with Crippen molar-refractivity contribution in [1.29, 1.82) is 0 Å². The van der Waals surface area contributed by atoms with Gasteiger partial charge in [0, 0.05) is 0 Å². The first kappa shape index (κ1) is 14.4. The molecule has 5 heteroatoms. The Labute approximate surface area is 106 Å².